The molecule has 0 bridgehead atoms. The van der Waals surface area contributed by atoms with E-state index in [0.717, 1.165) is 16.4 Å². The topological polar surface area (TPSA) is 153 Å². The van der Waals surface area contributed by atoms with Gasteiger partial charge in [-0.05, 0) is 24.3 Å². The average molecular weight is 556 g/mol. The fourth-order valence-corrected chi connectivity index (χ4v) is 6.08. The summed E-state index contributed by atoms with van der Waals surface area (Å²) < 4.78 is 55.4. The van der Waals surface area contributed by atoms with Crippen molar-refractivity contribution in [1.29, 1.82) is 0 Å². The molecule has 0 spiro atoms. The lowest BCUT2D eigenvalue weighted by Crippen LogP contribution is -2.45. The van der Waals surface area contributed by atoms with Gasteiger partial charge in [0, 0.05) is 35.8 Å². The van der Waals surface area contributed by atoms with Gasteiger partial charge in [-0.2, -0.15) is 9.40 Å². The molecule has 4 aromatic rings. The molecule has 5 rings (SSSR count). The van der Waals surface area contributed by atoms with Crippen molar-refractivity contribution < 1.29 is 26.8 Å². The first kappa shape index (κ1) is 26.2. The SMILES string of the molecule is CC1(C)CN(S(=O)(=O)c2cc(F)cc(F)c2)Cc2c(NC(=O)c3ccccc3NC(=O)c3cnc[nH]3)n[nH]c21. The third-order valence-electron chi connectivity index (χ3n) is 6.32. The minimum absolute atomic E-state index is 0.00148. The quantitative estimate of drug-likeness (QED) is 0.286. The molecule has 202 valence electrons. The van der Waals surface area contributed by atoms with Crippen LogP contribution in [0.15, 0.2) is 59.9 Å². The van der Waals surface area contributed by atoms with Gasteiger partial charge in [-0.25, -0.2) is 22.2 Å². The molecule has 39 heavy (non-hydrogen) atoms. The number of aromatic nitrogens is 4. The highest BCUT2D eigenvalue weighted by Gasteiger charge is 2.41. The number of H-pyrrole nitrogens is 2. The van der Waals surface area contributed by atoms with Crippen LogP contribution in [0.1, 0.15) is 46.0 Å². The fourth-order valence-electron chi connectivity index (χ4n) is 4.47. The van der Waals surface area contributed by atoms with Crippen LogP contribution < -0.4 is 10.6 Å². The lowest BCUT2D eigenvalue weighted by molar-refractivity contribution is 0.102. The second kappa shape index (κ2) is 9.71. The monoisotopic (exact) mass is 555 g/mol. The Kier molecular flexibility index (Phi) is 6.52. The average Bonchev–Trinajstić information content (AvgIpc) is 3.55. The highest BCUT2D eigenvalue weighted by Crippen LogP contribution is 2.38. The number of hydrogen-bond donors (Lipinski definition) is 4. The van der Waals surface area contributed by atoms with Gasteiger partial charge in [-0.15, -0.1) is 0 Å². The summed E-state index contributed by atoms with van der Waals surface area (Å²) in [7, 11) is -4.29. The number of sulfonamides is 1. The summed E-state index contributed by atoms with van der Waals surface area (Å²) in [5.74, 6) is -3.04. The number of carbonyl (C=O) groups excluding carboxylic acids is 2. The lowest BCUT2D eigenvalue weighted by atomic mass is 9.84. The zero-order chi connectivity index (χ0) is 27.9. The van der Waals surface area contributed by atoms with Gasteiger partial charge in [0.1, 0.15) is 17.3 Å². The van der Waals surface area contributed by atoms with Crippen LogP contribution in [0.2, 0.25) is 0 Å². The number of aromatic amines is 2. The number of fused-ring (bicyclic) bond motifs is 1. The van der Waals surface area contributed by atoms with E-state index < -0.39 is 43.8 Å². The van der Waals surface area contributed by atoms with E-state index in [1.54, 1.807) is 32.0 Å². The van der Waals surface area contributed by atoms with Gasteiger partial charge in [0.05, 0.1) is 28.7 Å². The van der Waals surface area contributed by atoms with Gasteiger partial charge >= 0.3 is 0 Å². The Morgan fingerprint density at radius 3 is 2.46 bits per heavy atom. The molecule has 0 radical (unpaired) electrons. The molecular weight excluding hydrogens is 532 g/mol. The maximum Gasteiger partial charge on any atom is 0.273 e. The number of rotatable bonds is 6. The van der Waals surface area contributed by atoms with Crippen molar-refractivity contribution in [3.63, 3.8) is 0 Å². The van der Waals surface area contributed by atoms with Crippen molar-refractivity contribution >= 4 is 33.3 Å². The number of nitrogens with one attached hydrogen (secondary N) is 4. The van der Waals surface area contributed by atoms with Gasteiger partial charge in [0.25, 0.3) is 11.8 Å². The molecule has 3 heterocycles. The van der Waals surface area contributed by atoms with Crippen LogP contribution in [0.4, 0.5) is 20.3 Å². The molecule has 1 aliphatic heterocycles. The molecule has 4 N–H and O–H groups in total. The Hall–Kier alpha value is -4.43. The van der Waals surface area contributed by atoms with Crippen molar-refractivity contribution in [3.8, 4) is 0 Å². The van der Waals surface area contributed by atoms with E-state index in [0.29, 0.717) is 17.3 Å². The summed E-state index contributed by atoms with van der Waals surface area (Å²) in [6.45, 7) is 3.36. The Bertz CT molecular complexity index is 1660. The molecule has 0 saturated heterocycles. The standard InChI is InChI=1S/C25H23F2N7O4S/c1-25(2)12-34(39(37,38)16-8-14(26)7-15(27)9-16)11-18-21(25)32-33-22(18)31-23(35)17-5-3-4-6-19(17)30-24(36)20-10-28-13-29-20/h3-10,13H,11-12H2,1-2H3,(H,28,29)(H,30,36)(H2,31,32,33,35). The summed E-state index contributed by atoms with van der Waals surface area (Å²) in [6.07, 6.45) is 2.69. The molecular formula is C25H23F2N7O4S. The number of carbonyl (C=O) groups is 2. The van der Waals surface area contributed by atoms with Crippen LogP contribution in [-0.2, 0) is 22.0 Å². The number of anilines is 2. The van der Waals surface area contributed by atoms with Crippen LogP contribution in [0.25, 0.3) is 0 Å². The molecule has 0 aliphatic carbocycles. The van der Waals surface area contributed by atoms with Crippen LogP contribution in [-0.4, -0.2) is 51.2 Å². The summed E-state index contributed by atoms with van der Waals surface area (Å²) in [5, 5.41) is 12.4. The maximum atomic E-state index is 13.8. The van der Waals surface area contributed by atoms with Gasteiger partial charge < -0.3 is 15.6 Å². The van der Waals surface area contributed by atoms with E-state index in [2.05, 4.69) is 30.8 Å². The van der Waals surface area contributed by atoms with Crippen LogP contribution >= 0.6 is 0 Å². The number of halogens is 2. The van der Waals surface area contributed by atoms with Crippen molar-refractivity contribution in [2.45, 2.75) is 30.7 Å². The van der Waals surface area contributed by atoms with E-state index in [9.17, 15) is 26.8 Å². The Balaban J connectivity index is 1.43. The molecule has 0 fully saturated rings. The fraction of sp³-hybridized carbons (Fsp3) is 0.200. The van der Waals surface area contributed by atoms with E-state index in [-0.39, 0.29) is 35.9 Å². The summed E-state index contributed by atoms with van der Waals surface area (Å²) in [6, 6.07) is 8.44. The molecule has 14 heteroatoms. The largest absolute Gasteiger partial charge is 0.341 e. The number of para-hydroxylation sites is 1. The van der Waals surface area contributed by atoms with Crippen molar-refractivity contribution in [3.05, 3.63) is 89.1 Å². The van der Waals surface area contributed by atoms with E-state index in [4.69, 9.17) is 0 Å². The summed E-state index contributed by atoms with van der Waals surface area (Å²) in [4.78, 5) is 31.7. The first-order valence-electron chi connectivity index (χ1n) is 11.7. The van der Waals surface area contributed by atoms with Crippen LogP contribution in [0.3, 0.4) is 0 Å². The molecule has 11 nitrogen and oxygen atoms in total. The molecule has 0 atom stereocenters. The Labute approximate surface area is 221 Å². The first-order valence-corrected chi connectivity index (χ1v) is 13.1. The smallest absolute Gasteiger partial charge is 0.273 e. The zero-order valence-electron chi connectivity index (χ0n) is 20.7. The van der Waals surface area contributed by atoms with Gasteiger partial charge in [0.2, 0.25) is 10.0 Å². The zero-order valence-corrected chi connectivity index (χ0v) is 21.6. The number of amides is 2. The summed E-state index contributed by atoms with van der Waals surface area (Å²) in [5.41, 5.74) is 0.801. The number of nitrogens with zero attached hydrogens (tertiary/aromatic N) is 3. The normalized spacial score (nSPS) is 15.0. The molecule has 2 aromatic heterocycles. The minimum Gasteiger partial charge on any atom is -0.341 e. The third kappa shape index (κ3) is 5.03. The molecule has 0 unspecified atom stereocenters. The highest BCUT2D eigenvalue weighted by atomic mass is 32.2. The van der Waals surface area contributed by atoms with Crippen molar-refractivity contribution in [2.75, 3.05) is 17.2 Å². The molecule has 0 saturated carbocycles. The lowest BCUT2D eigenvalue weighted by Gasteiger charge is -2.36. The predicted molar refractivity (Wildman–Crippen MR) is 137 cm³/mol. The van der Waals surface area contributed by atoms with E-state index in [1.165, 1.54) is 18.6 Å². The first-order chi connectivity index (χ1) is 18.5. The Morgan fingerprint density at radius 1 is 1.05 bits per heavy atom. The van der Waals surface area contributed by atoms with Crippen molar-refractivity contribution in [2.24, 2.45) is 0 Å². The Morgan fingerprint density at radius 2 is 1.77 bits per heavy atom. The number of hydrogen-bond acceptors (Lipinski definition) is 6. The second-order valence-electron chi connectivity index (χ2n) is 9.61. The predicted octanol–water partition coefficient (Wildman–Crippen LogP) is 3.40. The van der Waals surface area contributed by atoms with Gasteiger partial charge in [-0.1, -0.05) is 26.0 Å². The van der Waals surface area contributed by atoms with E-state index in [1.807, 2.05) is 0 Å². The molecule has 1 aliphatic rings. The maximum absolute atomic E-state index is 13.8. The molecule has 2 aromatic carbocycles. The summed E-state index contributed by atoms with van der Waals surface area (Å²) >= 11 is 0. The van der Waals surface area contributed by atoms with Gasteiger partial charge in [0.15, 0.2) is 5.82 Å². The number of imidazole rings is 1. The van der Waals surface area contributed by atoms with Crippen LogP contribution in [0.5, 0.6) is 0 Å². The third-order valence-corrected chi connectivity index (χ3v) is 8.09. The minimum atomic E-state index is -4.29. The van der Waals surface area contributed by atoms with Gasteiger partial charge in [-0.3, -0.25) is 14.7 Å². The second-order valence-corrected chi connectivity index (χ2v) is 11.5. The number of benzene rings is 2. The molecule has 2 amide bonds. The van der Waals surface area contributed by atoms with Crippen LogP contribution in [0, 0.1) is 11.6 Å². The van der Waals surface area contributed by atoms with E-state index >= 15 is 0 Å². The van der Waals surface area contributed by atoms with Crippen molar-refractivity contribution in [1.82, 2.24) is 24.5 Å². The highest BCUT2D eigenvalue weighted by molar-refractivity contribution is 7.89.